The molecule has 4 rings (SSSR count). The quantitative estimate of drug-likeness (QED) is 0.570. The van der Waals surface area contributed by atoms with Crippen molar-refractivity contribution < 1.29 is 50.9 Å². The topological polar surface area (TPSA) is 129 Å². The fraction of sp³-hybridized carbons (Fsp3) is 0.476. The molecule has 1 unspecified atom stereocenters. The van der Waals surface area contributed by atoms with E-state index < -0.39 is 24.3 Å². The number of carboxylic acid groups (broad SMARTS) is 2. The number of amides is 1. The lowest BCUT2D eigenvalue weighted by atomic mass is 9.86. The second-order valence-corrected chi connectivity index (χ2v) is 8.45. The number of anilines is 1. The van der Waals surface area contributed by atoms with E-state index in [9.17, 15) is 31.1 Å². The normalized spacial score (nSPS) is 19.8. The van der Waals surface area contributed by atoms with Crippen molar-refractivity contribution in [1.29, 1.82) is 0 Å². The standard InChI is InChI=1S/C17H21N5O.2C2HF3O2/c1-20-11-15(9-19-20)22-13-17(8-16(22)23)4-7-21(12-17)10-14-2-5-18-6-3-14;2*3-2(4,5)1(6)7/h2-3,5-6,9,11H,4,7-8,10,12-13H2,1H3;2*(H,6,7). The third kappa shape index (κ3) is 8.73. The molecule has 0 aromatic carbocycles. The van der Waals surface area contributed by atoms with Gasteiger partial charge in [-0.1, -0.05) is 0 Å². The zero-order chi connectivity index (χ0) is 28.0. The first-order valence-electron chi connectivity index (χ1n) is 10.5. The van der Waals surface area contributed by atoms with Crippen LogP contribution in [0.3, 0.4) is 0 Å². The molecule has 1 atom stereocenters. The van der Waals surface area contributed by atoms with Gasteiger partial charge in [-0.2, -0.15) is 31.4 Å². The highest BCUT2D eigenvalue weighted by atomic mass is 19.4. The summed E-state index contributed by atoms with van der Waals surface area (Å²) in [7, 11) is 1.88. The Morgan fingerprint density at radius 1 is 1.03 bits per heavy atom. The highest BCUT2D eigenvalue weighted by molar-refractivity contribution is 5.96. The Morgan fingerprint density at radius 2 is 1.57 bits per heavy atom. The van der Waals surface area contributed by atoms with Gasteiger partial charge in [0.25, 0.3) is 0 Å². The lowest BCUT2D eigenvalue weighted by molar-refractivity contribution is -0.193. The van der Waals surface area contributed by atoms with Gasteiger partial charge in [-0.3, -0.25) is 19.4 Å². The maximum atomic E-state index is 12.5. The molecule has 37 heavy (non-hydrogen) atoms. The monoisotopic (exact) mass is 539 g/mol. The van der Waals surface area contributed by atoms with Crippen LogP contribution < -0.4 is 4.90 Å². The summed E-state index contributed by atoms with van der Waals surface area (Å²) in [5, 5.41) is 18.4. The molecule has 16 heteroatoms. The van der Waals surface area contributed by atoms with Gasteiger partial charge in [0.05, 0.1) is 11.9 Å². The van der Waals surface area contributed by atoms with Gasteiger partial charge in [-0.15, -0.1) is 0 Å². The fourth-order valence-electron chi connectivity index (χ4n) is 3.86. The van der Waals surface area contributed by atoms with Crippen LogP contribution >= 0.6 is 0 Å². The third-order valence-electron chi connectivity index (χ3n) is 5.48. The van der Waals surface area contributed by atoms with Crippen molar-refractivity contribution in [2.75, 3.05) is 24.5 Å². The molecule has 10 nitrogen and oxygen atoms in total. The molecule has 2 aliphatic rings. The van der Waals surface area contributed by atoms with Crippen LogP contribution in [-0.4, -0.2) is 79.7 Å². The summed E-state index contributed by atoms with van der Waals surface area (Å²) in [5.41, 5.74) is 2.30. The average Bonchev–Trinajstić information content (AvgIpc) is 3.47. The van der Waals surface area contributed by atoms with E-state index in [0.29, 0.717) is 6.42 Å². The molecule has 2 saturated heterocycles. The number of rotatable bonds is 3. The smallest absolute Gasteiger partial charge is 0.475 e. The minimum absolute atomic E-state index is 0.0972. The zero-order valence-electron chi connectivity index (χ0n) is 19.3. The number of pyridine rings is 1. The Hall–Kier alpha value is -3.69. The largest absolute Gasteiger partial charge is 0.490 e. The van der Waals surface area contributed by atoms with E-state index in [1.165, 1.54) is 5.56 Å². The summed E-state index contributed by atoms with van der Waals surface area (Å²) in [6.45, 7) is 3.78. The van der Waals surface area contributed by atoms with Crippen LogP contribution in [0.1, 0.15) is 18.4 Å². The number of hydrogen-bond donors (Lipinski definition) is 2. The molecule has 1 amide bonds. The summed E-state index contributed by atoms with van der Waals surface area (Å²) >= 11 is 0. The van der Waals surface area contributed by atoms with Crippen LogP contribution in [0.2, 0.25) is 0 Å². The number of carbonyl (C=O) groups is 3. The van der Waals surface area contributed by atoms with Gasteiger partial charge < -0.3 is 15.1 Å². The molecule has 0 saturated carbocycles. The maximum Gasteiger partial charge on any atom is 0.490 e. The molecular formula is C21H23F6N5O5. The molecular weight excluding hydrogens is 516 g/mol. The number of likely N-dealkylation sites (tertiary alicyclic amines) is 1. The molecule has 0 aliphatic carbocycles. The number of carbonyl (C=O) groups excluding carboxylic acids is 1. The van der Waals surface area contributed by atoms with Gasteiger partial charge in [-0.25, -0.2) is 9.59 Å². The SMILES string of the molecule is Cn1cc(N2CC3(CCN(Cc4ccncc4)C3)CC2=O)cn1.O=C(O)C(F)(F)F.O=C(O)C(F)(F)F. The summed E-state index contributed by atoms with van der Waals surface area (Å²) in [6, 6.07) is 4.12. The highest BCUT2D eigenvalue weighted by Crippen LogP contribution is 2.42. The van der Waals surface area contributed by atoms with Crippen LogP contribution in [0.4, 0.5) is 32.0 Å². The number of aromatic nitrogens is 3. The van der Waals surface area contributed by atoms with Crippen LogP contribution in [-0.2, 0) is 28.0 Å². The van der Waals surface area contributed by atoms with Gasteiger partial charge in [0.15, 0.2) is 0 Å². The Morgan fingerprint density at radius 3 is 2.03 bits per heavy atom. The van der Waals surface area contributed by atoms with E-state index in [4.69, 9.17) is 19.8 Å². The molecule has 4 heterocycles. The number of carboxylic acids is 2. The van der Waals surface area contributed by atoms with E-state index in [1.54, 1.807) is 10.9 Å². The van der Waals surface area contributed by atoms with Gasteiger partial charge in [0.2, 0.25) is 5.91 Å². The van der Waals surface area contributed by atoms with Crippen LogP contribution in [0.5, 0.6) is 0 Å². The first kappa shape index (κ1) is 29.5. The number of aliphatic carboxylic acids is 2. The first-order chi connectivity index (χ1) is 17.0. The zero-order valence-corrected chi connectivity index (χ0v) is 19.3. The Labute approximate surface area is 206 Å². The number of nitrogens with zero attached hydrogens (tertiary/aromatic N) is 5. The van der Waals surface area contributed by atoms with Gasteiger partial charge >= 0.3 is 24.3 Å². The highest BCUT2D eigenvalue weighted by Gasteiger charge is 2.48. The number of alkyl halides is 6. The minimum atomic E-state index is -5.08. The third-order valence-corrected chi connectivity index (χ3v) is 5.48. The van der Waals surface area contributed by atoms with Crippen molar-refractivity contribution in [3.63, 3.8) is 0 Å². The summed E-state index contributed by atoms with van der Waals surface area (Å²) in [4.78, 5) is 38.7. The predicted molar refractivity (Wildman–Crippen MR) is 114 cm³/mol. The first-order valence-corrected chi connectivity index (χ1v) is 10.5. The average molecular weight is 539 g/mol. The van der Waals surface area contributed by atoms with Crippen molar-refractivity contribution in [1.82, 2.24) is 19.7 Å². The molecule has 2 aromatic heterocycles. The molecule has 2 fully saturated rings. The second-order valence-electron chi connectivity index (χ2n) is 8.45. The van der Waals surface area contributed by atoms with Crippen molar-refractivity contribution in [2.24, 2.45) is 12.5 Å². The van der Waals surface area contributed by atoms with Crippen molar-refractivity contribution >= 4 is 23.5 Å². The van der Waals surface area contributed by atoms with E-state index in [0.717, 1.165) is 38.3 Å². The Balaban J connectivity index is 0.000000286. The number of halogens is 6. The lowest BCUT2D eigenvalue weighted by Crippen LogP contribution is -2.31. The van der Waals surface area contributed by atoms with Crippen LogP contribution in [0.15, 0.2) is 36.9 Å². The predicted octanol–water partition coefficient (Wildman–Crippen LogP) is 2.71. The number of aryl methyl sites for hydroxylation is 1. The molecule has 2 N–H and O–H groups in total. The molecule has 0 radical (unpaired) electrons. The number of hydrogen-bond acceptors (Lipinski definition) is 6. The molecule has 2 aromatic rings. The van der Waals surface area contributed by atoms with Gasteiger partial charge in [-0.05, 0) is 30.7 Å². The lowest BCUT2D eigenvalue weighted by Gasteiger charge is -2.23. The van der Waals surface area contributed by atoms with Crippen molar-refractivity contribution in [3.8, 4) is 0 Å². The van der Waals surface area contributed by atoms with Crippen molar-refractivity contribution in [3.05, 3.63) is 42.5 Å². The summed E-state index contributed by atoms with van der Waals surface area (Å²) in [6.07, 6.45) is -1.06. The van der Waals surface area contributed by atoms with Gasteiger partial charge in [0.1, 0.15) is 0 Å². The Bertz CT molecular complexity index is 1070. The van der Waals surface area contributed by atoms with E-state index in [1.807, 2.05) is 30.5 Å². The molecule has 2 aliphatic heterocycles. The Kier molecular flexibility index (Phi) is 9.24. The van der Waals surface area contributed by atoms with Crippen LogP contribution in [0.25, 0.3) is 0 Å². The minimum Gasteiger partial charge on any atom is -0.475 e. The summed E-state index contributed by atoms with van der Waals surface area (Å²) in [5.74, 6) is -5.29. The molecule has 204 valence electrons. The van der Waals surface area contributed by atoms with Gasteiger partial charge in [0, 0.05) is 57.1 Å². The maximum absolute atomic E-state index is 12.5. The van der Waals surface area contributed by atoms with Crippen LogP contribution in [0, 0.1) is 5.41 Å². The van der Waals surface area contributed by atoms with E-state index >= 15 is 0 Å². The molecule has 1 spiro atoms. The summed E-state index contributed by atoms with van der Waals surface area (Å²) < 4.78 is 65.2. The van der Waals surface area contributed by atoms with Crippen molar-refractivity contribution in [2.45, 2.75) is 31.7 Å². The van der Waals surface area contributed by atoms with E-state index in [2.05, 4.69) is 27.1 Å². The fourth-order valence-corrected chi connectivity index (χ4v) is 3.86. The second kappa shape index (κ2) is 11.6. The molecule has 0 bridgehead atoms. The van der Waals surface area contributed by atoms with E-state index in [-0.39, 0.29) is 11.3 Å².